The molecule has 0 saturated carbocycles. The van der Waals surface area contributed by atoms with Crippen molar-refractivity contribution in [2.24, 2.45) is 7.05 Å². The zero-order valence-corrected chi connectivity index (χ0v) is 18.2. The molecule has 1 N–H and O–H groups in total. The van der Waals surface area contributed by atoms with Crippen molar-refractivity contribution in [2.75, 3.05) is 5.32 Å². The topological polar surface area (TPSA) is 72.7 Å². The van der Waals surface area contributed by atoms with Gasteiger partial charge < -0.3 is 9.88 Å². The number of allylic oxidation sites excluding steroid dienone is 4. The third-order valence-electron chi connectivity index (χ3n) is 4.55. The van der Waals surface area contributed by atoms with Crippen LogP contribution >= 0.6 is 11.8 Å². The molecule has 30 heavy (non-hydrogen) atoms. The monoisotopic (exact) mass is 419 g/mol. The number of carbonyl (C=O) groups is 1. The van der Waals surface area contributed by atoms with E-state index >= 15 is 0 Å². The quantitative estimate of drug-likeness (QED) is 0.297. The molecule has 0 bridgehead atoms. The van der Waals surface area contributed by atoms with E-state index in [1.807, 2.05) is 49.9 Å². The second-order valence-electron chi connectivity index (χ2n) is 6.61. The highest BCUT2D eigenvalue weighted by Crippen LogP contribution is 2.29. The van der Waals surface area contributed by atoms with E-state index in [1.165, 1.54) is 11.8 Å². The summed E-state index contributed by atoms with van der Waals surface area (Å²) in [6.07, 6.45) is 12.1. The number of pyridine rings is 1. The molecule has 0 saturated heterocycles. The fraction of sp³-hybridized carbons (Fsp3) is 0.217. The molecular weight excluding hydrogens is 394 g/mol. The molecule has 0 spiro atoms. The van der Waals surface area contributed by atoms with Crippen LogP contribution in [0.25, 0.3) is 11.0 Å². The van der Waals surface area contributed by atoms with E-state index in [-0.39, 0.29) is 5.78 Å². The molecule has 0 aliphatic carbocycles. The van der Waals surface area contributed by atoms with E-state index in [9.17, 15) is 4.79 Å². The fourth-order valence-corrected chi connectivity index (χ4v) is 3.66. The van der Waals surface area contributed by atoms with Crippen molar-refractivity contribution in [1.82, 2.24) is 19.5 Å². The number of aryl methyl sites for hydroxylation is 1. The molecular formula is C23H25N5OS. The Morgan fingerprint density at radius 3 is 2.83 bits per heavy atom. The average Bonchev–Trinajstić information content (AvgIpc) is 3.09. The number of nitrogens with one attached hydrogen (secondary N) is 1. The van der Waals surface area contributed by atoms with E-state index in [1.54, 1.807) is 23.9 Å². The minimum absolute atomic E-state index is 0.132. The van der Waals surface area contributed by atoms with Gasteiger partial charge in [-0.2, -0.15) is 4.98 Å². The Morgan fingerprint density at radius 2 is 2.17 bits per heavy atom. The summed E-state index contributed by atoms with van der Waals surface area (Å²) in [5.74, 6) is 0.277. The molecule has 3 aromatic heterocycles. The smallest absolute Gasteiger partial charge is 0.225 e. The van der Waals surface area contributed by atoms with Crippen LogP contribution in [0.3, 0.4) is 0 Å². The van der Waals surface area contributed by atoms with Gasteiger partial charge >= 0.3 is 0 Å². The van der Waals surface area contributed by atoms with E-state index in [2.05, 4.69) is 27.9 Å². The Hall–Kier alpha value is -3.19. The molecule has 0 unspecified atom stereocenters. The van der Waals surface area contributed by atoms with E-state index in [0.29, 0.717) is 29.5 Å². The largest absolute Gasteiger partial charge is 0.350 e. The fourth-order valence-electron chi connectivity index (χ4n) is 3.15. The summed E-state index contributed by atoms with van der Waals surface area (Å²) in [5.41, 5.74) is 3.15. The maximum Gasteiger partial charge on any atom is 0.225 e. The first-order valence-corrected chi connectivity index (χ1v) is 10.6. The third-order valence-corrected chi connectivity index (χ3v) is 5.39. The average molecular weight is 420 g/mol. The molecule has 6 nitrogen and oxygen atoms in total. The number of hydrogen-bond donors (Lipinski definition) is 1. The number of fused-ring (bicyclic) bond motifs is 1. The molecule has 7 heteroatoms. The first-order chi connectivity index (χ1) is 14.6. The van der Waals surface area contributed by atoms with Gasteiger partial charge in [-0.15, -0.1) is 0 Å². The van der Waals surface area contributed by atoms with Crippen molar-refractivity contribution in [2.45, 2.75) is 26.8 Å². The lowest BCUT2D eigenvalue weighted by molar-refractivity contribution is 0.104. The standard InChI is InChI=1S/C23H25N5OS/c1-5-8-11-17-15-28(4)22-19(17)20(21(29)18(6-2)30-7-3)26-23(27-22)25-14-16-10-9-12-24-13-16/h5-10,12-13,15H,3,11,14H2,1-2,4H3,(H,25,26,27)/b8-5-,18-6-. The normalized spacial score (nSPS) is 11.9. The molecule has 3 heterocycles. The van der Waals surface area contributed by atoms with Crippen molar-refractivity contribution in [3.05, 3.63) is 82.7 Å². The van der Waals surface area contributed by atoms with Crippen LogP contribution in [0.2, 0.25) is 0 Å². The van der Waals surface area contributed by atoms with Crippen LogP contribution in [0, 0.1) is 0 Å². The highest BCUT2D eigenvalue weighted by molar-refractivity contribution is 8.06. The second-order valence-corrected chi connectivity index (χ2v) is 7.62. The molecule has 154 valence electrons. The lowest BCUT2D eigenvalue weighted by Crippen LogP contribution is -2.11. The summed E-state index contributed by atoms with van der Waals surface area (Å²) in [4.78, 5) is 27.4. The maximum absolute atomic E-state index is 13.3. The van der Waals surface area contributed by atoms with Gasteiger partial charge in [-0.25, -0.2) is 4.98 Å². The first kappa shape index (κ1) is 21.5. The first-order valence-electron chi connectivity index (χ1n) is 9.67. The predicted molar refractivity (Wildman–Crippen MR) is 124 cm³/mol. The number of thioether (sulfide) groups is 1. The number of anilines is 1. The summed E-state index contributed by atoms with van der Waals surface area (Å²) in [6.45, 7) is 8.07. The molecule has 0 amide bonds. The SMILES string of the molecule is C=CS/C(=C\C)C(=O)c1nc(NCc2cccnc2)nc2c1c(C/C=C\C)cn2C. The summed E-state index contributed by atoms with van der Waals surface area (Å²) in [6, 6.07) is 3.85. The maximum atomic E-state index is 13.3. The van der Waals surface area contributed by atoms with E-state index in [4.69, 9.17) is 4.98 Å². The number of nitrogens with zero attached hydrogens (tertiary/aromatic N) is 4. The van der Waals surface area contributed by atoms with Gasteiger partial charge in [0.15, 0.2) is 0 Å². The van der Waals surface area contributed by atoms with Crippen LogP contribution in [0.15, 0.2) is 65.8 Å². The van der Waals surface area contributed by atoms with Crippen LogP contribution in [0.1, 0.15) is 35.5 Å². The minimum Gasteiger partial charge on any atom is -0.350 e. The Kier molecular flexibility index (Phi) is 7.19. The number of Topliss-reactive ketones (excluding diaryl/α,β-unsaturated/α-hetero) is 1. The Labute approximate surface area is 180 Å². The third kappa shape index (κ3) is 4.68. The Morgan fingerprint density at radius 1 is 1.33 bits per heavy atom. The lowest BCUT2D eigenvalue weighted by atomic mass is 10.1. The molecule has 0 atom stereocenters. The minimum atomic E-state index is -0.132. The zero-order chi connectivity index (χ0) is 21.5. The highest BCUT2D eigenvalue weighted by Gasteiger charge is 2.22. The number of hydrogen-bond acceptors (Lipinski definition) is 6. The number of carbonyl (C=O) groups excluding carboxylic acids is 1. The van der Waals surface area contributed by atoms with Crippen molar-refractivity contribution in [1.29, 1.82) is 0 Å². The summed E-state index contributed by atoms with van der Waals surface area (Å²) < 4.78 is 1.94. The molecule has 0 fully saturated rings. The van der Waals surface area contributed by atoms with Gasteiger partial charge in [-0.1, -0.05) is 42.6 Å². The van der Waals surface area contributed by atoms with Gasteiger partial charge in [0.2, 0.25) is 11.7 Å². The molecule has 0 radical (unpaired) electrons. The van der Waals surface area contributed by atoms with Gasteiger partial charge in [-0.3, -0.25) is 9.78 Å². The molecule has 0 aliphatic rings. The predicted octanol–water partition coefficient (Wildman–Crippen LogP) is 5.06. The molecule has 3 aromatic rings. The van der Waals surface area contributed by atoms with Crippen molar-refractivity contribution < 1.29 is 4.79 Å². The van der Waals surface area contributed by atoms with Crippen molar-refractivity contribution >= 4 is 34.5 Å². The van der Waals surface area contributed by atoms with Crippen molar-refractivity contribution in [3.8, 4) is 0 Å². The summed E-state index contributed by atoms with van der Waals surface area (Å²) in [7, 11) is 1.93. The highest BCUT2D eigenvalue weighted by atomic mass is 32.2. The second kappa shape index (κ2) is 10.0. The number of rotatable bonds is 9. The molecule has 0 aromatic carbocycles. The zero-order valence-electron chi connectivity index (χ0n) is 17.4. The van der Waals surface area contributed by atoms with Crippen molar-refractivity contribution in [3.63, 3.8) is 0 Å². The lowest BCUT2D eigenvalue weighted by Gasteiger charge is -2.10. The van der Waals surface area contributed by atoms with Crippen LogP contribution in [-0.2, 0) is 20.0 Å². The van der Waals surface area contributed by atoms with Gasteiger partial charge in [0, 0.05) is 32.2 Å². The number of aromatic nitrogens is 4. The van der Waals surface area contributed by atoms with Crippen LogP contribution < -0.4 is 5.32 Å². The van der Waals surface area contributed by atoms with E-state index in [0.717, 1.165) is 22.2 Å². The molecule has 0 aliphatic heterocycles. The van der Waals surface area contributed by atoms with Gasteiger partial charge in [0.05, 0.1) is 10.3 Å². The van der Waals surface area contributed by atoms with Crippen LogP contribution in [-0.4, -0.2) is 25.3 Å². The van der Waals surface area contributed by atoms with Gasteiger partial charge in [0.1, 0.15) is 11.3 Å². The summed E-state index contributed by atoms with van der Waals surface area (Å²) in [5, 5.41) is 5.67. The molecule has 3 rings (SSSR count). The Bertz CT molecular complexity index is 1120. The summed E-state index contributed by atoms with van der Waals surface area (Å²) >= 11 is 1.30. The number of ketones is 1. The Balaban J connectivity index is 2.10. The van der Waals surface area contributed by atoms with Gasteiger partial charge in [-0.05, 0) is 42.9 Å². The van der Waals surface area contributed by atoms with E-state index < -0.39 is 0 Å². The van der Waals surface area contributed by atoms with Gasteiger partial charge in [0.25, 0.3) is 0 Å². The van der Waals surface area contributed by atoms with Crippen LogP contribution in [0.5, 0.6) is 0 Å². The van der Waals surface area contributed by atoms with Crippen LogP contribution in [0.4, 0.5) is 5.95 Å².